The summed E-state index contributed by atoms with van der Waals surface area (Å²) in [4.78, 5) is 31.7. The number of piperazine rings is 1. The highest BCUT2D eigenvalue weighted by molar-refractivity contribution is 6.36. The average molecular weight is 635 g/mol. The number of pyridine rings is 1. The molecule has 2 aromatic carbocycles. The number of hydrogen-bond acceptors (Lipinski definition) is 8. The number of carbonyl (C=O) groups is 1. The van der Waals surface area contributed by atoms with E-state index in [9.17, 15) is 9.18 Å². The Kier molecular flexibility index (Phi) is 7.79. The number of halogens is 3. The predicted molar refractivity (Wildman–Crippen MR) is 169 cm³/mol. The van der Waals surface area contributed by atoms with Crippen LogP contribution in [-0.4, -0.2) is 94.8 Å². The van der Waals surface area contributed by atoms with Gasteiger partial charge in [0.2, 0.25) is 0 Å². The molecule has 2 bridgehead atoms. The molecule has 7 rings (SSSR count). The van der Waals surface area contributed by atoms with Crippen molar-refractivity contribution in [1.82, 2.24) is 24.8 Å². The molecule has 3 fully saturated rings. The molecule has 2 atom stereocenters. The Morgan fingerprint density at radius 2 is 1.96 bits per heavy atom. The third kappa shape index (κ3) is 5.47. The standard InChI is InChI=1S/C33H33ClF2N6O3/c1-20(35)31(43)41-13-11-40(12-14-41)30-24-17-37-28(23-8-3-6-21-7-4-9-25(34)26(21)23)27(36)29(24)38-32(39-30)44-15-5-10-42-18-22-16-33(42,2)19-45-22/h3-4,6-9,17,22H,1,5,10-16,18-19H2,2H3/t22-,33-/m0/s1. The number of carbonyl (C=O) groups excluding carboxylic acids is 1. The highest BCUT2D eigenvalue weighted by Gasteiger charge is 2.48. The molecule has 9 nitrogen and oxygen atoms in total. The fourth-order valence-electron chi connectivity index (χ4n) is 6.79. The van der Waals surface area contributed by atoms with Crippen LogP contribution in [0, 0.1) is 5.82 Å². The first-order valence-electron chi connectivity index (χ1n) is 15.1. The number of likely N-dealkylation sites (tertiary alicyclic amines) is 1. The maximum absolute atomic E-state index is 16.5. The van der Waals surface area contributed by atoms with Gasteiger partial charge in [0.1, 0.15) is 17.0 Å². The molecule has 3 saturated heterocycles. The number of ether oxygens (including phenoxy) is 2. The molecule has 0 saturated carbocycles. The smallest absolute Gasteiger partial charge is 0.319 e. The van der Waals surface area contributed by atoms with Gasteiger partial charge in [0.25, 0.3) is 5.91 Å². The topological polar surface area (TPSA) is 83.9 Å². The molecule has 0 unspecified atom stereocenters. The van der Waals surface area contributed by atoms with Crippen LogP contribution >= 0.6 is 11.6 Å². The van der Waals surface area contributed by atoms with Crippen LogP contribution in [0.15, 0.2) is 55.0 Å². The minimum absolute atomic E-state index is 0.0534. The van der Waals surface area contributed by atoms with E-state index in [1.54, 1.807) is 18.3 Å². The maximum Gasteiger partial charge on any atom is 0.319 e. The molecule has 3 aliphatic rings. The molecule has 45 heavy (non-hydrogen) atoms. The van der Waals surface area contributed by atoms with E-state index in [0.717, 1.165) is 37.9 Å². The van der Waals surface area contributed by atoms with Crippen molar-refractivity contribution in [3.63, 3.8) is 0 Å². The molecule has 1 amide bonds. The van der Waals surface area contributed by atoms with E-state index in [1.807, 2.05) is 29.2 Å². The third-order valence-electron chi connectivity index (χ3n) is 9.14. The van der Waals surface area contributed by atoms with Gasteiger partial charge >= 0.3 is 6.01 Å². The summed E-state index contributed by atoms with van der Waals surface area (Å²) in [6.07, 6.45) is 3.64. The van der Waals surface area contributed by atoms with Gasteiger partial charge in [-0.3, -0.25) is 14.7 Å². The Hall–Kier alpha value is -3.93. The minimum atomic E-state index is -0.998. The lowest BCUT2D eigenvalue weighted by molar-refractivity contribution is -0.128. The molecule has 5 heterocycles. The van der Waals surface area contributed by atoms with Gasteiger partial charge in [-0.2, -0.15) is 9.97 Å². The summed E-state index contributed by atoms with van der Waals surface area (Å²) >= 11 is 6.57. The van der Waals surface area contributed by atoms with E-state index in [-0.39, 0.29) is 35.8 Å². The second kappa shape index (κ2) is 11.8. The van der Waals surface area contributed by atoms with Crippen LogP contribution in [0.1, 0.15) is 19.8 Å². The van der Waals surface area contributed by atoms with Crippen molar-refractivity contribution in [2.24, 2.45) is 0 Å². The number of benzene rings is 2. The first-order valence-corrected chi connectivity index (χ1v) is 15.5. The summed E-state index contributed by atoms with van der Waals surface area (Å²) in [5, 5.41) is 2.46. The van der Waals surface area contributed by atoms with Crippen molar-refractivity contribution in [2.45, 2.75) is 31.4 Å². The first-order chi connectivity index (χ1) is 21.7. The maximum atomic E-state index is 16.5. The van der Waals surface area contributed by atoms with Crippen LogP contribution in [-0.2, 0) is 9.53 Å². The van der Waals surface area contributed by atoms with Crippen molar-refractivity contribution < 1.29 is 23.0 Å². The summed E-state index contributed by atoms with van der Waals surface area (Å²) in [5.74, 6) is -1.90. The number of anilines is 1. The summed E-state index contributed by atoms with van der Waals surface area (Å²) < 4.78 is 41.9. The largest absolute Gasteiger partial charge is 0.463 e. The summed E-state index contributed by atoms with van der Waals surface area (Å²) in [6.45, 7) is 9.42. The zero-order valence-electron chi connectivity index (χ0n) is 24.9. The quantitative estimate of drug-likeness (QED) is 0.188. The fraction of sp³-hybridized carbons (Fsp3) is 0.394. The zero-order chi connectivity index (χ0) is 31.3. The van der Waals surface area contributed by atoms with Gasteiger partial charge in [0.05, 0.1) is 24.7 Å². The van der Waals surface area contributed by atoms with Gasteiger partial charge in [0, 0.05) is 67.0 Å². The second-order valence-electron chi connectivity index (χ2n) is 12.1. The SMILES string of the molecule is C=C(F)C(=O)N1CCN(c2nc(OCCCN3C[C@@H]4C[C@@]3(C)CO4)nc3c(F)c(-c4cccc5cccc(Cl)c45)ncc23)CC1. The van der Waals surface area contributed by atoms with Gasteiger partial charge in [-0.25, -0.2) is 8.78 Å². The molecule has 0 spiro atoms. The van der Waals surface area contributed by atoms with Crippen molar-refractivity contribution in [3.05, 3.63) is 65.8 Å². The van der Waals surface area contributed by atoms with Crippen molar-refractivity contribution in [2.75, 3.05) is 57.4 Å². The van der Waals surface area contributed by atoms with Crippen LogP contribution in [0.2, 0.25) is 5.02 Å². The van der Waals surface area contributed by atoms with Crippen molar-refractivity contribution in [3.8, 4) is 17.3 Å². The summed E-state index contributed by atoms with van der Waals surface area (Å²) in [7, 11) is 0. The Bertz CT molecular complexity index is 1810. The number of morpholine rings is 1. The highest BCUT2D eigenvalue weighted by atomic mass is 35.5. The van der Waals surface area contributed by atoms with E-state index >= 15 is 4.39 Å². The van der Waals surface area contributed by atoms with Crippen LogP contribution < -0.4 is 9.64 Å². The molecule has 234 valence electrons. The van der Waals surface area contributed by atoms with E-state index in [2.05, 4.69) is 28.4 Å². The molecule has 3 aliphatic heterocycles. The molecule has 4 aromatic rings. The molecule has 0 aliphatic carbocycles. The van der Waals surface area contributed by atoms with Crippen molar-refractivity contribution in [1.29, 1.82) is 0 Å². The number of hydrogen-bond donors (Lipinski definition) is 0. The zero-order valence-corrected chi connectivity index (χ0v) is 25.7. The highest BCUT2D eigenvalue weighted by Crippen LogP contribution is 2.39. The minimum Gasteiger partial charge on any atom is -0.463 e. The van der Waals surface area contributed by atoms with E-state index in [4.69, 9.17) is 26.1 Å². The Morgan fingerprint density at radius 3 is 2.67 bits per heavy atom. The van der Waals surface area contributed by atoms with Gasteiger partial charge < -0.3 is 19.3 Å². The van der Waals surface area contributed by atoms with E-state index in [0.29, 0.717) is 53.0 Å². The molecule has 0 radical (unpaired) electrons. The molecule has 2 aromatic heterocycles. The van der Waals surface area contributed by atoms with Crippen LogP contribution in [0.4, 0.5) is 14.6 Å². The summed E-state index contributed by atoms with van der Waals surface area (Å²) in [5.41, 5.74) is 0.803. The van der Waals surface area contributed by atoms with Gasteiger partial charge in [-0.1, -0.05) is 48.5 Å². The Morgan fingerprint density at radius 1 is 1.18 bits per heavy atom. The normalized spacial score (nSPS) is 21.6. The molecule has 0 N–H and O–H groups in total. The third-order valence-corrected chi connectivity index (χ3v) is 9.45. The lowest BCUT2D eigenvalue weighted by Gasteiger charge is -2.35. The predicted octanol–water partition coefficient (Wildman–Crippen LogP) is 5.40. The number of aromatic nitrogens is 3. The fourth-order valence-corrected chi connectivity index (χ4v) is 7.07. The van der Waals surface area contributed by atoms with Gasteiger partial charge in [0.15, 0.2) is 11.6 Å². The average Bonchev–Trinajstić information content (AvgIpc) is 3.58. The lowest BCUT2D eigenvalue weighted by atomic mass is 10.0. The molecular weight excluding hydrogens is 602 g/mol. The van der Waals surface area contributed by atoms with Crippen LogP contribution in [0.3, 0.4) is 0 Å². The first kappa shape index (κ1) is 29.8. The number of fused-ring (bicyclic) bond motifs is 4. The van der Waals surface area contributed by atoms with E-state index < -0.39 is 17.6 Å². The van der Waals surface area contributed by atoms with Gasteiger partial charge in [-0.15, -0.1) is 0 Å². The Balaban J connectivity index is 1.21. The lowest BCUT2D eigenvalue weighted by Crippen LogP contribution is -2.49. The number of rotatable bonds is 8. The second-order valence-corrected chi connectivity index (χ2v) is 12.5. The summed E-state index contributed by atoms with van der Waals surface area (Å²) in [6, 6.07) is 11.1. The van der Waals surface area contributed by atoms with Gasteiger partial charge in [-0.05, 0) is 31.2 Å². The monoisotopic (exact) mass is 634 g/mol. The van der Waals surface area contributed by atoms with Crippen LogP contribution in [0.5, 0.6) is 6.01 Å². The molecular formula is C33H33ClF2N6O3. The van der Waals surface area contributed by atoms with Crippen LogP contribution in [0.25, 0.3) is 32.9 Å². The molecule has 12 heteroatoms. The Labute approximate surface area is 264 Å². The number of nitrogens with zero attached hydrogens (tertiary/aromatic N) is 6. The van der Waals surface area contributed by atoms with E-state index in [1.165, 1.54) is 4.90 Å². The number of amides is 1. The van der Waals surface area contributed by atoms with Crippen molar-refractivity contribution >= 4 is 45.0 Å².